The van der Waals surface area contributed by atoms with Crippen molar-refractivity contribution >= 4 is 28.3 Å². The van der Waals surface area contributed by atoms with Crippen molar-refractivity contribution in [3.05, 3.63) is 23.7 Å². The maximum atomic E-state index is 12.2. The van der Waals surface area contributed by atoms with Gasteiger partial charge < -0.3 is 10.4 Å². The molecule has 94 valence electrons. The molecule has 2 aliphatic rings. The van der Waals surface area contributed by atoms with Crippen LogP contribution < -0.4 is 5.32 Å². The van der Waals surface area contributed by atoms with E-state index < -0.39 is 17.8 Å². The molecule has 6 heteroatoms. The van der Waals surface area contributed by atoms with Crippen LogP contribution in [0, 0.1) is 23.7 Å². The maximum absolute atomic E-state index is 12.2. The standard InChI is InChI=1S/C12H12N2O3S/c15-10(14-12-13-3-4-18-12)8-6-1-2-7(5-6)9(8)11(16)17/h1-4,6-9H,5H2,(H,16,17)(H,13,14,15)/t6-,7+,8+,9-/m0/s1. The van der Waals surface area contributed by atoms with Crippen LogP contribution in [0.1, 0.15) is 6.42 Å². The van der Waals surface area contributed by atoms with Crippen molar-refractivity contribution < 1.29 is 14.7 Å². The zero-order valence-electron chi connectivity index (χ0n) is 9.45. The van der Waals surface area contributed by atoms with Crippen molar-refractivity contribution in [2.24, 2.45) is 23.7 Å². The van der Waals surface area contributed by atoms with Gasteiger partial charge in [-0.1, -0.05) is 12.2 Å². The molecule has 0 spiro atoms. The molecule has 4 atom stereocenters. The summed E-state index contributed by atoms with van der Waals surface area (Å²) in [6.07, 6.45) is 6.27. The summed E-state index contributed by atoms with van der Waals surface area (Å²) in [5.74, 6) is -2.13. The second-order valence-electron chi connectivity index (χ2n) is 4.66. The number of carboxylic acid groups (broad SMARTS) is 1. The molecule has 1 heterocycles. The third-order valence-electron chi connectivity index (χ3n) is 3.71. The minimum absolute atomic E-state index is 0.000421. The lowest BCUT2D eigenvalue weighted by molar-refractivity contribution is -0.146. The number of allylic oxidation sites excluding steroid dienone is 2. The molecule has 1 aromatic heterocycles. The number of aromatic nitrogens is 1. The van der Waals surface area contributed by atoms with E-state index in [1.807, 2.05) is 12.2 Å². The molecule has 1 saturated carbocycles. The van der Waals surface area contributed by atoms with E-state index in [1.165, 1.54) is 11.3 Å². The number of amides is 1. The van der Waals surface area contributed by atoms with E-state index in [9.17, 15) is 14.7 Å². The summed E-state index contributed by atoms with van der Waals surface area (Å²) in [5, 5.41) is 14.3. The van der Waals surface area contributed by atoms with Crippen molar-refractivity contribution in [2.75, 3.05) is 5.32 Å². The van der Waals surface area contributed by atoms with Crippen molar-refractivity contribution in [3.8, 4) is 0 Å². The molecule has 0 saturated heterocycles. The number of carbonyl (C=O) groups excluding carboxylic acids is 1. The Morgan fingerprint density at radius 1 is 1.33 bits per heavy atom. The molecule has 2 N–H and O–H groups in total. The molecule has 5 nitrogen and oxygen atoms in total. The zero-order valence-corrected chi connectivity index (χ0v) is 10.3. The van der Waals surface area contributed by atoms with E-state index in [0.717, 1.165) is 6.42 Å². The van der Waals surface area contributed by atoms with E-state index in [0.29, 0.717) is 5.13 Å². The number of fused-ring (bicyclic) bond motifs is 2. The summed E-state index contributed by atoms with van der Waals surface area (Å²) in [6.45, 7) is 0. The second kappa shape index (κ2) is 4.20. The summed E-state index contributed by atoms with van der Waals surface area (Å²) in [4.78, 5) is 27.4. The number of nitrogens with zero attached hydrogens (tertiary/aromatic N) is 1. The minimum atomic E-state index is -0.883. The van der Waals surface area contributed by atoms with Gasteiger partial charge in [0.15, 0.2) is 5.13 Å². The van der Waals surface area contributed by atoms with E-state index in [-0.39, 0.29) is 17.7 Å². The zero-order chi connectivity index (χ0) is 12.7. The van der Waals surface area contributed by atoms with E-state index in [4.69, 9.17) is 0 Å². The first-order valence-electron chi connectivity index (χ1n) is 5.78. The topological polar surface area (TPSA) is 79.3 Å². The largest absolute Gasteiger partial charge is 0.481 e. The van der Waals surface area contributed by atoms with Crippen molar-refractivity contribution in [3.63, 3.8) is 0 Å². The van der Waals surface area contributed by atoms with Crippen molar-refractivity contribution in [1.29, 1.82) is 0 Å². The summed E-state index contributed by atoms with van der Waals surface area (Å²) in [7, 11) is 0. The normalized spacial score (nSPS) is 32.7. The Balaban J connectivity index is 1.80. The average Bonchev–Trinajstić information content (AvgIpc) is 3.03. The first-order chi connectivity index (χ1) is 8.66. The fourth-order valence-electron chi connectivity index (χ4n) is 2.99. The number of hydrogen-bond donors (Lipinski definition) is 2. The highest BCUT2D eigenvalue weighted by molar-refractivity contribution is 7.13. The molecule has 1 amide bonds. The van der Waals surface area contributed by atoms with Gasteiger partial charge in [-0.05, 0) is 18.3 Å². The molecule has 2 bridgehead atoms. The average molecular weight is 264 g/mol. The summed E-state index contributed by atoms with van der Waals surface area (Å²) < 4.78 is 0. The number of nitrogens with one attached hydrogen (secondary N) is 1. The van der Waals surface area contributed by atoms with Crippen molar-refractivity contribution in [1.82, 2.24) is 4.98 Å². The van der Waals surface area contributed by atoms with Gasteiger partial charge in [0, 0.05) is 11.6 Å². The van der Waals surface area contributed by atoms with Crippen LogP contribution in [0.15, 0.2) is 23.7 Å². The Morgan fingerprint density at radius 2 is 2.06 bits per heavy atom. The molecule has 1 fully saturated rings. The Hall–Kier alpha value is -1.69. The number of hydrogen-bond acceptors (Lipinski definition) is 4. The molecule has 18 heavy (non-hydrogen) atoms. The lowest BCUT2D eigenvalue weighted by Gasteiger charge is -2.23. The number of anilines is 1. The summed E-state index contributed by atoms with van der Waals surface area (Å²) in [5.41, 5.74) is 0. The number of thiazole rings is 1. The monoisotopic (exact) mass is 264 g/mol. The highest BCUT2D eigenvalue weighted by atomic mass is 32.1. The Kier molecular flexibility index (Phi) is 2.66. The smallest absolute Gasteiger partial charge is 0.307 e. The fourth-order valence-corrected chi connectivity index (χ4v) is 3.52. The van der Waals surface area contributed by atoms with E-state index in [1.54, 1.807) is 11.6 Å². The number of carbonyl (C=O) groups is 2. The van der Waals surface area contributed by atoms with Gasteiger partial charge in [0.2, 0.25) is 5.91 Å². The van der Waals surface area contributed by atoms with Gasteiger partial charge in [-0.25, -0.2) is 4.98 Å². The molecule has 0 unspecified atom stereocenters. The number of rotatable bonds is 3. The first-order valence-corrected chi connectivity index (χ1v) is 6.66. The predicted octanol–water partition coefficient (Wildman–Crippen LogP) is 1.60. The van der Waals surface area contributed by atoms with Crippen LogP contribution in [0.2, 0.25) is 0 Å². The van der Waals surface area contributed by atoms with Crippen LogP contribution in [-0.4, -0.2) is 22.0 Å². The highest BCUT2D eigenvalue weighted by Crippen LogP contribution is 2.48. The Bertz CT molecular complexity index is 511. The van der Waals surface area contributed by atoms with Crippen LogP contribution in [0.5, 0.6) is 0 Å². The SMILES string of the molecule is O=C(O)[C@@H]1[C@H](C(=O)Nc2nccs2)[C@H]2C=C[C@@H]1C2. The summed E-state index contributed by atoms with van der Waals surface area (Å²) >= 11 is 1.33. The second-order valence-corrected chi connectivity index (χ2v) is 5.56. The molecule has 3 rings (SSSR count). The molecule has 0 aromatic carbocycles. The highest BCUT2D eigenvalue weighted by Gasteiger charge is 2.51. The lowest BCUT2D eigenvalue weighted by Crippen LogP contribution is -2.36. The third kappa shape index (κ3) is 1.73. The Morgan fingerprint density at radius 3 is 2.67 bits per heavy atom. The van der Waals surface area contributed by atoms with Gasteiger partial charge in [-0.3, -0.25) is 9.59 Å². The summed E-state index contributed by atoms with van der Waals surface area (Å²) in [6, 6.07) is 0. The molecule has 0 aliphatic heterocycles. The molecule has 0 radical (unpaired) electrons. The lowest BCUT2D eigenvalue weighted by atomic mass is 9.82. The van der Waals surface area contributed by atoms with Gasteiger partial charge in [-0.15, -0.1) is 11.3 Å². The van der Waals surface area contributed by atoms with Crippen LogP contribution in [0.4, 0.5) is 5.13 Å². The quantitative estimate of drug-likeness (QED) is 0.813. The maximum Gasteiger partial charge on any atom is 0.307 e. The van der Waals surface area contributed by atoms with Gasteiger partial charge in [-0.2, -0.15) is 0 Å². The minimum Gasteiger partial charge on any atom is -0.481 e. The predicted molar refractivity (Wildman–Crippen MR) is 66.1 cm³/mol. The van der Waals surface area contributed by atoms with Crippen LogP contribution >= 0.6 is 11.3 Å². The van der Waals surface area contributed by atoms with Crippen LogP contribution in [0.25, 0.3) is 0 Å². The van der Waals surface area contributed by atoms with Crippen molar-refractivity contribution in [2.45, 2.75) is 6.42 Å². The van der Waals surface area contributed by atoms with Gasteiger partial charge >= 0.3 is 5.97 Å². The fraction of sp³-hybridized carbons (Fsp3) is 0.417. The molecule has 2 aliphatic carbocycles. The Labute approximate surface area is 108 Å². The van der Waals surface area contributed by atoms with Gasteiger partial charge in [0.05, 0.1) is 11.8 Å². The third-order valence-corrected chi connectivity index (χ3v) is 4.40. The number of carboxylic acids is 1. The molecular weight excluding hydrogens is 252 g/mol. The molecule has 1 aromatic rings. The molecular formula is C12H12N2O3S. The van der Waals surface area contributed by atoms with E-state index in [2.05, 4.69) is 10.3 Å². The number of aliphatic carboxylic acids is 1. The first kappa shape index (κ1) is 11.4. The van der Waals surface area contributed by atoms with Gasteiger partial charge in [0.25, 0.3) is 0 Å². The van der Waals surface area contributed by atoms with E-state index >= 15 is 0 Å². The van der Waals surface area contributed by atoms with Crippen LogP contribution in [0.3, 0.4) is 0 Å². The van der Waals surface area contributed by atoms with Crippen LogP contribution in [-0.2, 0) is 9.59 Å². The van der Waals surface area contributed by atoms with Gasteiger partial charge in [0.1, 0.15) is 0 Å².